The lowest BCUT2D eigenvalue weighted by Gasteiger charge is -2.13. The number of rotatable bonds is 44. The minimum atomic E-state index is -0.368. The quantitative estimate of drug-likeness (QED) is 0.0572. The fraction of sp³-hybridized carbons (Fsp3) is 0.732. The first-order valence-electron chi connectivity index (χ1n) is 20.6. The molecule has 1 heterocycles. The van der Waals surface area contributed by atoms with Gasteiger partial charge in [-0.3, -0.25) is 14.5 Å². The van der Waals surface area contributed by atoms with Crippen molar-refractivity contribution >= 4 is 23.5 Å². The summed E-state index contributed by atoms with van der Waals surface area (Å²) in [6, 6.07) is 7.27. The molecule has 1 aliphatic heterocycles. The highest BCUT2D eigenvalue weighted by Gasteiger charge is 2.22. The van der Waals surface area contributed by atoms with Gasteiger partial charge in [0.2, 0.25) is 0 Å². The molecule has 0 saturated heterocycles. The van der Waals surface area contributed by atoms with Gasteiger partial charge in [0, 0.05) is 24.4 Å². The molecule has 0 fully saturated rings. The molecule has 1 N–H and O–H groups in total. The van der Waals surface area contributed by atoms with Crippen molar-refractivity contribution in [3.63, 3.8) is 0 Å². The second-order valence-corrected chi connectivity index (χ2v) is 12.5. The topological polar surface area (TPSA) is 186 Å². The number of esters is 1. The van der Waals surface area contributed by atoms with Crippen molar-refractivity contribution in [2.24, 2.45) is 0 Å². The van der Waals surface area contributed by atoms with Crippen molar-refractivity contribution in [1.29, 1.82) is 0 Å². The van der Waals surface area contributed by atoms with Gasteiger partial charge in [0.05, 0.1) is 171 Å². The van der Waals surface area contributed by atoms with Crippen molar-refractivity contribution in [3.05, 3.63) is 42.0 Å². The largest absolute Gasteiger partial charge is 0.460 e. The van der Waals surface area contributed by atoms with Crippen molar-refractivity contribution in [1.82, 2.24) is 4.90 Å². The monoisotopic (exact) mass is 844 g/mol. The van der Waals surface area contributed by atoms with E-state index in [1.54, 1.807) is 12.1 Å². The van der Waals surface area contributed by atoms with Crippen LogP contribution in [-0.4, -0.2) is 201 Å². The van der Waals surface area contributed by atoms with Crippen LogP contribution in [-0.2, 0) is 71.2 Å². The molecule has 59 heavy (non-hydrogen) atoms. The molecular weight excluding hydrogens is 776 g/mol. The number of nitrogens with one attached hydrogen (secondary N) is 1. The summed E-state index contributed by atoms with van der Waals surface area (Å²) in [5.41, 5.74) is 1.50. The second kappa shape index (κ2) is 39.1. The number of anilines is 1. The molecule has 2 amide bonds. The summed E-state index contributed by atoms with van der Waals surface area (Å²) in [5.74, 6) is -0.990. The summed E-state index contributed by atoms with van der Waals surface area (Å²) in [6.07, 6.45) is 4.74. The Bertz CT molecular complexity index is 1170. The number of carbonyl (C=O) groups is 3. The summed E-state index contributed by atoms with van der Waals surface area (Å²) in [6.45, 7) is 14.0. The lowest BCUT2D eigenvalue weighted by molar-refractivity contribution is -0.137. The van der Waals surface area contributed by atoms with Crippen LogP contribution in [0.25, 0.3) is 0 Å². The lowest BCUT2D eigenvalue weighted by atomic mass is 10.2. The Morgan fingerprint density at radius 3 is 1.08 bits per heavy atom. The molecule has 2 rings (SSSR count). The number of unbranched alkanes of at least 4 members (excludes halogenated alkanes) is 1. The van der Waals surface area contributed by atoms with E-state index in [2.05, 4.69) is 12.2 Å². The number of nitrogens with zero attached hydrogens (tertiary/aromatic N) is 1. The maximum absolute atomic E-state index is 12.1. The van der Waals surface area contributed by atoms with Crippen LogP contribution in [0, 0.1) is 0 Å². The van der Waals surface area contributed by atoms with Crippen molar-refractivity contribution in [3.8, 4) is 0 Å². The highest BCUT2D eigenvalue weighted by molar-refractivity contribution is 6.12. The standard InChI is InChI=1S/C41H68N2O16/c1-2-3-10-42-38-6-4-37(5-7-38)41(46)59-36-35-58-34-33-57-32-31-56-30-29-55-28-27-54-26-25-53-24-23-52-22-21-51-20-19-50-18-17-49-16-15-48-14-13-47-12-11-43-39(44)8-9-40(43)45/h4-9,42H,2-3,10-36H2,1H3. The van der Waals surface area contributed by atoms with Gasteiger partial charge in [-0.1, -0.05) is 13.3 Å². The van der Waals surface area contributed by atoms with Crippen LogP contribution < -0.4 is 5.32 Å². The van der Waals surface area contributed by atoms with Gasteiger partial charge >= 0.3 is 5.97 Å². The molecule has 338 valence electrons. The molecule has 1 aromatic carbocycles. The van der Waals surface area contributed by atoms with Crippen LogP contribution in [0.1, 0.15) is 30.1 Å². The molecule has 0 aromatic heterocycles. The second-order valence-electron chi connectivity index (χ2n) is 12.5. The van der Waals surface area contributed by atoms with E-state index in [0.717, 1.165) is 30.0 Å². The molecule has 18 nitrogen and oxygen atoms in total. The highest BCUT2D eigenvalue weighted by Crippen LogP contribution is 2.11. The SMILES string of the molecule is CCCCNc1ccc(C(=O)OCCOCCOCCOCCOCCOCCOCCOCCOCCOCCOCCOCCOCCN2C(=O)C=CC2=O)cc1. The van der Waals surface area contributed by atoms with Gasteiger partial charge in [0.1, 0.15) is 6.61 Å². The van der Waals surface area contributed by atoms with Gasteiger partial charge in [0.15, 0.2) is 0 Å². The van der Waals surface area contributed by atoms with Crippen molar-refractivity contribution < 1.29 is 76.0 Å². The van der Waals surface area contributed by atoms with E-state index in [9.17, 15) is 14.4 Å². The normalized spacial score (nSPS) is 12.6. The summed E-state index contributed by atoms with van der Waals surface area (Å²) in [4.78, 5) is 36.1. The molecule has 0 saturated carbocycles. The summed E-state index contributed by atoms with van der Waals surface area (Å²) >= 11 is 0. The van der Waals surface area contributed by atoms with E-state index in [4.69, 9.17) is 61.6 Å². The van der Waals surface area contributed by atoms with E-state index in [1.165, 1.54) is 12.2 Å². The Hall–Kier alpha value is -3.11. The Morgan fingerprint density at radius 1 is 0.458 bits per heavy atom. The van der Waals surface area contributed by atoms with E-state index in [-0.39, 0.29) is 37.5 Å². The average Bonchev–Trinajstić information content (AvgIpc) is 3.57. The number of imide groups is 1. The van der Waals surface area contributed by atoms with Crippen LogP contribution >= 0.6 is 0 Å². The van der Waals surface area contributed by atoms with E-state index >= 15 is 0 Å². The summed E-state index contributed by atoms with van der Waals surface area (Å²) in [7, 11) is 0. The summed E-state index contributed by atoms with van der Waals surface area (Å²) < 4.78 is 70.8. The first kappa shape index (κ1) is 52.0. The molecule has 0 bridgehead atoms. The van der Waals surface area contributed by atoms with Crippen LogP contribution in [0.15, 0.2) is 36.4 Å². The highest BCUT2D eigenvalue weighted by atomic mass is 16.6. The molecule has 0 aliphatic carbocycles. The van der Waals surface area contributed by atoms with Crippen LogP contribution in [0.4, 0.5) is 5.69 Å². The average molecular weight is 845 g/mol. The number of carbonyl (C=O) groups excluding carboxylic acids is 3. The minimum absolute atomic E-state index is 0.182. The Kier molecular flexibility index (Phi) is 34.4. The van der Waals surface area contributed by atoms with Crippen LogP contribution in [0.5, 0.6) is 0 Å². The van der Waals surface area contributed by atoms with Gasteiger partial charge in [-0.25, -0.2) is 4.79 Å². The predicted octanol–water partition coefficient (Wildman–Crippen LogP) is 2.18. The fourth-order valence-corrected chi connectivity index (χ4v) is 4.74. The predicted molar refractivity (Wildman–Crippen MR) is 216 cm³/mol. The summed E-state index contributed by atoms with van der Waals surface area (Å²) in [5, 5.41) is 3.32. The number of hydrogen-bond donors (Lipinski definition) is 1. The van der Waals surface area contributed by atoms with Crippen LogP contribution in [0.2, 0.25) is 0 Å². The van der Waals surface area contributed by atoms with E-state index < -0.39 is 0 Å². The Morgan fingerprint density at radius 2 is 0.763 bits per heavy atom. The lowest BCUT2D eigenvalue weighted by Crippen LogP contribution is -2.33. The van der Waals surface area contributed by atoms with Gasteiger partial charge in [0.25, 0.3) is 11.8 Å². The molecule has 0 spiro atoms. The first-order valence-corrected chi connectivity index (χ1v) is 20.6. The minimum Gasteiger partial charge on any atom is -0.460 e. The zero-order chi connectivity index (χ0) is 42.1. The van der Waals surface area contributed by atoms with Gasteiger partial charge in [-0.2, -0.15) is 0 Å². The zero-order valence-corrected chi connectivity index (χ0v) is 34.9. The van der Waals surface area contributed by atoms with E-state index in [0.29, 0.717) is 158 Å². The van der Waals surface area contributed by atoms with Gasteiger partial charge in [-0.05, 0) is 30.7 Å². The smallest absolute Gasteiger partial charge is 0.338 e. The Balaban J connectivity index is 1.15. The fourth-order valence-electron chi connectivity index (χ4n) is 4.74. The molecular formula is C41H68N2O16. The molecule has 0 radical (unpaired) electrons. The first-order chi connectivity index (χ1) is 29.1. The third kappa shape index (κ3) is 30.6. The van der Waals surface area contributed by atoms with Gasteiger partial charge in [-0.15, -0.1) is 0 Å². The number of ether oxygens (including phenoxy) is 13. The molecule has 0 unspecified atom stereocenters. The van der Waals surface area contributed by atoms with Gasteiger partial charge < -0.3 is 66.9 Å². The molecule has 1 aromatic rings. The van der Waals surface area contributed by atoms with E-state index in [1.807, 2.05) is 12.1 Å². The third-order valence-electron chi connectivity index (χ3n) is 7.89. The number of hydrogen-bond acceptors (Lipinski definition) is 17. The third-order valence-corrected chi connectivity index (χ3v) is 7.89. The number of amides is 2. The van der Waals surface area contributed by atoms with Crippen molar-refractivity contribution in [2.45, 2.75) is 19.8 Å². The maximum atomic E-state index is 12.1. The zero-order valence-electron chi connectivity index (χ0n) is 34.9. The van der Waals surface area contributed by atoms with Crippen molar-refractivity contribution in [2.75, 3.05) is 184 Å². The maximum Gasteiger partial charge on any atom is 0.338 e. The molecule has 18 heteroatoms. The Labute approximate surface area is 349 Å². The molecule has 1 aliphatic rings. The molecule has 0 atom stereocenters. The number of benzene rings is 1. The van der Waals surface area contributed by atoms with Crippen LogP contribution in [0.3, 0.4) is 0 Å².